The van der Waals surface area contributed by atoms with Crippen molar-refractivity contribution in [2.24, 2.45) is 0 Å². The molecule has 0 saturated heterocycles. The molecule has 1 fully saturated rings. The van der Waals surface area contributed by atoms with Gasteiger partial charge in [-0.2, -0.15) is 9.15 Å². The van der Waals surface area contributed by atoms with Crippen molar-refractivity contribution in [1.82, 2.24) is 16.0 Å². The van der Waals surface area contributed by atoms with Crippen LogP contribution in [0.3, 0.4) is 0 Å². The molecule has 1 saturated carbocycles. The molecule has 0 spiro atoms. The van der Waals surface area contributed by atoms with Crippen LogP contribution in [0, 0.1) is 0 Å². The van der Waals surface area contributed by atoms with E-state index in [9.17, 15) is 19.5 Å². The quantitative estimate of drug-likeness (QED) is 0.0373. The third-order valence-electron chi connectivity index (χ3n) is 19.6. The molecule has 86 heavy (non-hydrogen) atoms. The Hall–Kier alpha value is -7.79. The number of nitrogens with zero attached hydrogens (tertiary/aromatic N) is 4. The third kappa shape index (κ3) is 12.6. The molecular formula is C75H93N7O4+2. The van der Waals surface area contributed by atoms with Gasteiger partial charge in [-0.3, -0.25) is 14.4 Å². The molecule has 0 atom stereocenters. The fourth-order valence-corrected chi connectivity index (χ4v) is 14.8. The Labute approximate surface area is 512 Å². The van der Waals surface area contributed by atoms with Gasteiger partial charge in [0, 0.05) is 120 Å². The molecule has 2 amide bonds. The van der Waals surface area contributed by atoms with Crippen LogP contribution in [0.15, 0.2) is 180 Å². The number of fused-ring (bicyclic) bond motifs is 4. The monoisotopic (exact) mass is 1160 g/mol. The van der Waals surface area contributed by atoms with Crippen LogP contribution in [0.2, 0.25) is 0 Å². The van der Waals surface area contributed by atoms with Crippen LogP contribution < -0.4 is 25.8 Å². The summed E-state index contributed by atoms with van der Waals surface area (Å²) in [5.41, 5.74) is 17.9. The molecule has 4 heterocycles. The zero-order valence-electron chi connectivity index (χ0n) is 52.9. The van der Waals surface area contributed by atoms with Gasteiger partial charge in [-0.25, -0.2) is 0 Å². The maximum Gasteiger partial charge on any atom is 0.309 e. The van der Waals surface area contributed by atoms with Gasteiger partial charge in [-0.1, -0.05) is 137 Å². The Kier molecular flexibility index (Phi) is 18.3. The van der Waals surface area contributed by atoms with Gasteiger partial charge in [0.1, 0.15) is 13.5 Å². The van der Waals surface area contributed by atoms with Crippen molar-refractivity contribution in [3.05, 3.63) is 202 Å². The van der Waals surface area contributed by atoms with Crippen LogP contribution in [-0.4, -0.2) is 89.3 Å². The Balaban J connectivity index is 0.699. The minimum Gasteiger partial charge on any atom is -0.481 e. The van der Waals surface area contributed by atoms with Gasteiger partial charge < -0.3 is 30.9 Å². The van der Waals surface area contributed by atoms with Gasteiger partial charge in [-0.15, -0.1) is 0 Å². The second kappa shape index (κ2) is 25.7. The maximum atomic E-state index is 13.7. The number of carbonyl (C=O) groups is 3. The molecule has 11 nitrogen and oxygen atoms in total. The third-order valence-corrected chi connectivity index (χ3v) is 19.6. The lowest BCUT2D eigenvalue weighted by Crippen LogP contribution is -2.44. The Morgan fingerprint density at radius 3 is 1.83 bits per heavy atom. The molecule has 4 N–H and O–H groups in total. The van der Waals surface area contributed by atoms with Crippen molar-refractivity contribution < 1.29 is 28.6 Å². The van der Waals surface area contributed by atoms with Crippen molar-refractivity contribution in [1.29, 1.82) is 0 Å². The van der Waals surface area contributed by atoms with Crippen LogP contribution in [0.25, 0.3) is 0 Å². The fraction of sp³-hybridized carbons (Fsp3) is 0.427. The number of hydrogen-bond acceptors (Lipinski definition) is 6. The van der Waals surface area contributed by atoms with Gasteiger partial charge in [-0.05, 0) is 132 Å². The van der Waals surface area contributed by atoms with E-state index in [2.05, 4.69) is 232 Å². The number of carboxylic acids is 1. The zero-order chi connectivity index (χ0) is 61.0. The first kappa shape index (κ1) is 61.3. The number of hydrogen-bond donors (Lipinski definition) is 4. The minimum atomic E-state index is -0.814. The molecule has 4 aliphatic heterocycles. The number of unbranched alkanes of at least 4 members (excludes halogenated alkanes) is 2. The number of carbonyl (C=O) groups excluding carboxylic acids is 2. The minimum absolute atomic E-state index is 0.0484. The highest BCUT2D eigenvalue weighted by atomic mass is 16.4. The normalized spacial score (nSPS) is 22.2. The Morgan fingerprint density at radius 2 is 1.16 bits per heavy atom. The predicted octanol–water partition coefficient (Wildman–Crippen LogP) is 14.4. The number of allylic oxidation sites excluding steroid dienone is 13. The number of aliphatic carboxylic acids is 1. The fourth-order valence-electron chi connectivity index (χ4n) is 14.8. The van der Waals surface area contributed by atoms with Gasteiger partial charge in [0.05, 0.1) is 10.8 Å². The molecule has 0 aromatic heterocycles. The number of nitrogens with one attached hydrogen (secondary N) is 3. The van der Waals surface area contributed by atoms with E-state index in [1.807, 2.05) is 24.3 Å². The summed E-state index contributed by atoms with van der Waals surface area (Å²) in [6, 6.07) is 34.5. The van der Waals surface area contributed by atoms with Crippen LogP contribution in [0.4, 0.5) is 22.7 Å². The molecule has 6 aliphatic rings. The summed E-state index contributed by atoms with van der Waals surface area (Å²) in [6.07, 6.45) is 30.1. The smallest absolute Gasteiger partial charge is 0.309 e. The van der Waals surface area contributed by atoms with E-state index < -0.39 is 5.97 Å². The van der Waals surface area contributed by atoms with Crippen LogP contribution >= 0.6 is 0 Å². The predicted molar refractivity (Wildman–Crippen MR) is 352 cm³/mol. The van der Waals surface area contributed by atoms with Crippen LogP contribution in [0.1, 0.15) is 161 Å². The molecule has 10 rings (SSSR count). The Morgan fingerprint density at radius 1 is 0.581 bits per heavy atom. The summed E-state index contributed by atoms with van der Waals surface area (Å²) in [4.78, 5) is 43.3. The number of carboxylic acid groups (broad SMARTS) is 1. The van der Waals surface area contributed by atoms with Crippen molar-refractivity contribution in [2.45, 2.75) is 173 Å². The summed E-state index contributed by atoms with van der Waals surface area (Å²) < 4.78 is 4.49. The SMILES string of the molecule is CN1C(=CC=C2CCCC(C=CC3=[N+](C)c4ccccc4C3(C)C)=C2NCCCCCC(=O)NC2CCC(NC(=O)CCN3C(=CC=CC=CC4=[N+](CCC(=O)O)c5ccccc5C4(C)C)C(C)(C)c4ccccc43)CC2)C(C)(C)c2ccccc21. The number of benzene rings is 4. The second-order valence-corrected chi connectivity index (χ2v) is 26.7. The maximum absolute atomic E-state index is 13.7. The summed E-state index contributed by atoms with van der Waals surface area (Å²) >= 11 is 0. The summed E-state index contributed by atoms with van der Waals surface area (Å²) in [5, 5.41) is 20.2. The molecule has 2 aliphatic carbocycles. The van der Waals surface area contributed by atoms with E-state index in [4.69, 9.17) is 0 Å². The number of para-hydroxylation sites is 4. The van der Waals surface area contributed by atoms with Crippen molar-refractivity contribution in [3.63, 3.8) is 0 Å². The highest BCUT2D eigenvalue weighted by Gasteiger charge is 2.45. The highest BCUT2D eigenvalue weighted by Crippen LogP contribution is 2.49. The number of likely N-dealkylation sites (N-methyl/N-ethyl adjacent to an activating group) is 1. The molecule has 0 bridgehead atoms. The number of anilines is 2. The standard InChI is InChI=1S/C75H91N7O4/c1-72(2)56-28-16-20-32-60(56)79(9)64(72)45-39-52-26-25-27-53(40-46-65-73(3,4)57-29-17-21-33-61(57)80(65)10)71(52)76-49-24-12-15-38-68(83)77-54-41-43-55(44-42-54)78-69(84)47-50-81-62-34-22-18-30-58(62)74(5,6)66(81)36-13-11-14-37-67-75(7,8)59-31-19-23-35-63(59)82(67)51-48-70(85)86/h11,13-14,16-23,28-37,39-40,45-46,54-55H,12,15,24-27,38,41-44,47-51H2,1-10H3,(H2-,77,78,83,84,85,86)/p+2. The van der Waals surface area contributed by atoms with Crippen LogP contribution in [-0.2, 0) is 36.0 Å². The zero-order valence-corrected chi connectivity index (χ0v) is 52.9. The lowest BCUT2D eigenvalue weighted by atomic mass is 9.81. The van der Waals surface area contributed by atoms with Gasteiger partial charge in [0.25, 0.3) is 0 Å². The first-order chi connectivity index (χ1) is 41.2. The van der Waals surface area contributed by atoms with E-state index in [1.165, 1.54) is 61.9 Å². The topological polar surface area (TPSA) is 120 Å². The summed E-state index contributed by atoms with van der Waals surface area (Å²) in [7, 11) is 4.38. The molecular weight excluding hydrogens is 1060 g/mol. The molecule has 450 valence electrons. The van der Waals surface area contributed by atoms with E-state index in [0.29, 0.717) is 25.9 Å². The lowest BCUT2D eigenvalue weighted by molar-refractivity contribution is -0.436. The molecule has 4 aromatic carbocycles. The lowest BCUT2D eigenvalue weighted by Gasteiger charge is -2.30. The van der Waals surface area contributed by atoms with Gasteiger partial charge in [0.15, 0.2) is 18.0 Å². The number of rotatable bonds is 21. The average Bonchev–Trinajstić information content (AvgIpc) is 1.77. The first-order valence-corrected chi connectivity index (χ1v) is 31.8. The van der Waals surface area contributed by atoms with E-state index in [0.717, 1.165) is 93.5 Å². The van der Waals surface area contributed by atoms with E-state index >= 15 is 0 Å². The highest BCUT2D eigenvalue weighted by molar-refractivity contribution is 6.04. The van der Waals surface area contributed by atoms with Crippen molar-refractivity contribution in [3.8, 4) is 0 Å². The summed E-state index contributed by atoms with van der Waals surface area (Å²) in [5.74, 6) is -0.642. The van der Waals surface area contributed by atoms with Gasteiger partial charge in [0.2, 0.25) is 23.2 Å². The first-order valence-electron chi connectivity index (χ1n) is 31.8. The van der Waals surface area contributed by atoms with Crippen molar-refractivity contribution >= 4 is 52.0 Å². The average molecular weight is 1160 g/mol. The van der Waals surface area contributed by atoms with Crippen molar-refractivity contribution in [2.75, 3.05) is 43.5 Å². The molecule has 0 radical (unpaired) electrons. The molecule has 11 heteroatoms. The summed E-state index contributed by atoms with van der Waals surface area (Å²) in [6.45, 7) is 20.0. The number of amides is 2. The van der Waals surface area contributed by atoms with Gasteiger partial charge >= 0.3 is 5.97 Å². The van der Waals surface area contributed by atoms with E-state index in [1.54, 1.807) is 0 Å². The van der Waals surface area contributed by atoms with Crippen LogP contribution in [0.5, 0.6) is 0 Å². The second-order valence-electron chi connectivity index (χ2n) is 26.7. The van der Waals surface area contributed by atoms with E-state index in [-0.39, 0.29) is 52.0 Å². The molecule has 0 unspecified atom stereocenters. The molecule has 4 aromatic rings. The Bertz CT molecular complexity index is 3550. The largest absolute Gasteiger partial charge is 0.481 e.